The van der Waals surface area contributed by atoms with E-state index in [0.29, 0.717) is 0 Å². The van der Waals surface area contributed by atoms with Crippen LogP contribution in [0.1, 0.15) is 94.5 Å². The van der Waals surface area contributed by atoms with E-state index in [0.717, 1.165) is 0 Å². The van der Waals surface area contributed by atoms with Gasteiger partial charge in [-0.05, 0) is 217 Å². The van der Waals surface area contributed by atoms with Crippen LogP contribution in [-0.4, -0.2) is 0 Å². The fraction of sp³-hybridized carbons (Fsp3) is 0.250. The summed E-state index contributed by atoms with van der Waals surface area (Å²) >= 11 is 0. The van der Waals surface area contributed by atoms with Crippen molar-refractivity contribution in [1.29, 1.82) is 0 Å². The van der Waals surface area contributed by atoms with E-state index in [4.69, 9.17) is 0 Å². The number of aryl methyl sites for hydroxylation is 8. The lowest BCUT2D eigenvalue weighted by atomic mass is 9.79. The lowest BCUT2D eigenvalue weighted by Crippen LogP contribution is -2.18. The van der Waals surface area contributed by atoms with Crippen molar-refractivity contribution < 1.29 is 0 Å². The normalized spacial score (nSPS) is 14.1. The minimum absolute atomic E-state index is 0.189. The molecule has 290 valence electrons. The van der Waals surface area contributed by atoms with Gasteiger partial charge in [0.2, 0.25) is 0 Å². The van der Waals surface area contributed by atoms with E-state index in [1.807, 2.05) is 0 Å². The van der Waals surface area contributed by atoms with Crippen LogP contribution >= 0.6 is 0 Å². The number of hydrogen-bond acceptors (Lipinski definition) is 2. The third-order valence-electron chi connectivity index (χ3n) is 13.3. The van der Waals surface area contributed by atoms with Crippen LogP contribution in [0.25, 0.3) is 22.3 Å². The Labute approximate surface area is 346 Å². The molecular formula is C56H56N2. The SMILES string of the molecule is Cc1cccc(N(c2cc(C)c3c(c2)C(C)(C)c2cc4c(cc2-3)C(C)(C)c2cc(N(c3cccc(C)c3)c3cc(C)ccc3C)cc(C)c2-4)c2cc(C)ccc2C)c1. The summed E-state index contributed by atoms with van der Waals surface area (Å²) in [6, 6.07) is 46.4. The number of fused-ring (bicyclic) bond motifs is 6. The summed E-state index contributed by atoms with van der Waals surface area (Å²) in [7, 11) is 0. The molecule has 0 saturated carbocycles. The standard InChI is InChI=1S/C56H56N2/c1-33-15-13-17-41(23-33)57(51-25-35(3)19-21-37(51)5)43-27-39(7)53-45-31-48-46(32-47(45)55(9,10)49(53)29-43)54-40(8)28-44(30-50(54)56(48,11)12)58(42-18-14-16-34(2)24-42)52-26-36(4)20-22-38(52)6/h13-32H,1-12H3. The summed E-state index contributed by atoms with van der Waals surface area (Å²) in [5, 5.41) is 0. The van der Waals surface area contributed by atoms with Crippen molar-refractivity contribution in [2.45, 2.75) is 93.9 Å². The van der Waals surface area contributed by atoms with Crippen molar-refractivity contribution in [3.8, 4) is 22.3 Å². The van der Waals surface area contributed by atoms with E-state index in [2.05, 4.69) is 214 Å². The highest BCUT2D eigenvalue weighted by Gasteiger charge is 2.43. The van der Waals surface area contributed by atoms with Crippen molar-refractivity contribution in [3.63, 3.8) is 0 Å². The van der Waals surface area contributed by atoms with Gasteiger partial charge in [-0.3, -0.25) is 0 Å². The first-order valence-corrected chi connectivity index (χ1v) is 20.9. The van der Waals surface area contributed by atoms with Crippen molar-refractivity contribution in [1.82, 2.24) is 0 Å². The number of anilines is 6. The van der Waals surface area contributed by atoms with E-state index < -0.39 is 0 Å². The van der Waals surface area contributed by atoms with Crippen LogP contribution < -0.4 is 9.80 Å². The van der Waals surface area contributed by atoms with Crippen molar-refractivity contribution >= 4 is 34.1 Å². The molecule has 2 nitrogen and oxygen atoms in total. The highest BCUT2D eigenvalue weighted by molar-refractivity contribution is 5.94. The largest absolute Gasteiger partial charge is 0.310 e. The molecule has 0 radical (unpaired) electrons. The first kappa shape index (κ1) is 37.7. The smallest absolute Gasteiger partial charge is 0.0493 e. The van der Waals surface area contributed by atoms with Gasteiger partial charge in [0.1, 0.15) is 0 Å². The van der Waals surface area contributed by atoms with Gasteiger partial charge in [-0.2, -0.15) is 0 Å². The summed E-state index contributed by atoms with van der Waals surface area (Å²) in [6.07, 6.45) is 0. The second-order valence-electron chi connectivity index (χ2n) is 18.5. The summed E-state index contributed by atoms with van der Waals surface area (Å²) in [5.74, 6) is 0. The Bertz CT molecular complexity index is 2640. The van der Waals surface area contributed by atoms with Crippen molar-refractivity contribution in [2.75, 3.05) is 9.80 Å². The molecule has 58 heavy (non-hydrogen) atoms. The zero-order valence-corrected chi connectivity index (χ0v) is 36.4. The maximum absolute atomic E-state index is 2.57. The Hall–Kier alpha value is -5.86. The Balaban J connectivity index is 1.20. The minimum atomic E-state index is -0.189. The fourth-order valence-electron chi connectivity index (χ4n) is 10.1. The second-order valence-corrected chi connectivity index (χ2v) is 18.5. The average molecular weight is 757 g/mol. The number of benzene rings is 7. The van der Waals surface area contributed by atoms with E-state index in [-0.39, 0.29) is 10.8 Å². The number of nitrogens with zero attached hydrogens (tertiary/aromatic N) is 2. The van der Waals surface area contributed by atoms with Gasteiger partial charge in [-0.25, -0.2) is 0 Å². The second kappa shape index (κ2) is 13.3. The molecule has 0 aromatic heterocycles. The van der Waals surface area contributed by atoms with E-state index >= 15 is 0 Å². The average Bonchev–Trinajstić information content (AvgIpc) is 3.53. The van der Waals surface area contributed by atoms with Gasteiger partial charge in [-0.1, -0.05) is 76.2 Å². The molecule has 2 aliphatic carbocycles. The Morgan fingerprint density at radius 1 is 0.328 bits per heavy atom. The molecule has 0 spiro atoms. The molecule has 0 saturated heterocycles. The summed E-state index contributed by atoms with van der Waals surface area (Å²) in [6.45, 7) is 27.6. The zero-order valence-electron chi connectivity index (χ0n) is 36.4. The van der Waals surface area contributed by atoms with Crippen molar-refractivity contribution in [3.05, 3.63) is 188 Å². The number of rotatable bonds is 6. The third-order valence-corrected chi connectivity index (χ3v) is 13.3. The summed E-state index contributed by atoms with van der Waals surface area (Å²) < 4.78 is 0. The van der Waals surface area contributed by atoms with Crippen LogP contribution in [0, 0.1) is 55.4 Å². The van der Waals surface area contributed by atoms with Crippen molar-refractivity contribution in [2.24, 2.45) is 0 Å². The van der Waals surface area contributed by atoms with Crippen LogP contribution in [0.5, 0.6) is 0 Å². The van der Waals surface area contributed by atoms with Gasteiger partial charge in [0.15, 0.2) is 0 Å². The van der Waals surface area contributed by atoms with Crippen LogP contribution in [0.3, 0.4) is 0 Å². The molecule has 7 aromatic rings. The summed E-state index contributed by atoms with van der Waals surface area (Å²) in [5.41, 5.74) is 28.2. The zero-order chi connectivity index (χ0) is 41.0. The van der Waals surface area contributed by atoms with Gasteiger partial charge in [0.05, 0.1) is 0 Å². The monoisotopic (exact) mass is 756 g/mol. The van der Waals surface area contributed by atoms with Crippen LogP contribution in [0.15, 0.2) is 121 Å². The van der Waals surface area contributed by atoms with Gasteiger partial charge in [0, 0.05) is 45.0 Å². The molecule has 0 bridgehead atoms. The topological polar surface area (TPSA) is 6.48 Å². The van der Waals surface area contributed by atoms with Gasteiger partial charge < -0.3 is 9.80 Å². The predicted molar refractivity (Wildman–Crippen MR) is 249 cm³/mol. The molecule has 9 rings (SSSR count). The minimum Gasteiger partial charge on any atom is -0.310 e. The summed E-state index contributed by atoms with van der Waals surface area (Å²) in [4.78, 5) is 4.94. The van der Waals surface area contributed by atoms with Gasteiger partial charge in [-0.15, -0.1) is 0 Å². The molecule has 0 atom stereocenters. The highest BCUT2D eigenvalue weighted by atomic mass is 15.2. The molecule has 0 amide bonds. The van der Waals surface area contributed by atoms with E-state index in [1.165, 1.54) is 123 Å². The van der Waals surface area contributed by atoms with E-state index in [1.54, 1.807) is 0 Å². The lowest BCUT2D eigenvalue weighted by molar-refractivity contribution is 0.652. The third kappa shape index (κ3) is 5.83. The maximum Gasteiger partial charge on any atom is 0.0493 e. The molecule has 0 N–H and O–H groups in total. The first-order chi connectivity index (χ1) is 27.5. The molecule has 7 aromatic carbocycles. The van der Waals surface area contributed by atoms with Gasteiger partial charge in [0.25, 0.3) is 0 Å². The quantitative estimate of drug-likeness (QED) is 0.167. The molecule has 0 aliphatic heterocycles. The molecule has 0 unspecified atom stereocenters. The van der Waals surface area contributed by atoms with Crippen LogP contribution in [0.2, 0.25) is 0 Å². The maximum atomic E-state index is 2.57. The van der Waals surface area contributed by atoms with Gasteiger partial charge >= 0.3 is 0 Å². The fourth-order valence-corrected chi connectivity index (χ4v) is 10.1. The molecule has 0 fully saturated rings. The number of hydrogen-bond donors (Lipinski definition) is 0. The molecule has 2 heteroatoms. The lowest BCUT2D eigenvalue weighted by Gasteiger charge is -2.30. The predicted octanol–water partition coefficient (Wildman–Crippen LogP) is 15.7. The Morgan fingerprint density at radius 2 is 0.707 bits per heavy atom. The molecular weight excluding hydrogens is 701 g/mol. The molecule has 0 heterocycles. The Kier molecular flexibility index (Phi) is 8.68. The highest BCUT2D eigenvalue weighted by Crippen LogP contribution is 2.59. The first-order valence-electron chi connectivity index (χ1n) is 20.9. The van der Waals surface area contributed by atoms with E-state index in [9.17, 15) is 0 Å². The Morgan fingerprint density at radius 3 is 1.09 bits per heavy atom. The van der Waals surface area contributed by atoms with Crippen LogP contribution in [-0.2, 0) is 10.8 Å². The molecule has 2 aliphatic rings. The van der Waals surface area contributed by atoms with Crippen LogP contribution in [0.4, 0.5) is 34.1 Å².